The number of benzene rings is 1. The van der Waals surface area contributed by atoms with Gasteiger partial charge < -0.3 is 10.5 Å². The molecule has 0 fully saturated rings. The van der Waals surface area contributed by atoms with Crippen molar-refractivity contribution < 1.29 is 18.3 Å². The van der Waals surface area contributed by atoms with E-state index in [0.29, 0.717) is 16.6 Å². The minimum Gasteiger partial charge on any atom is -0.466 e. The van der Waals surface area contributed by atoms with Gasteiger partial charge in [0.25, 0.3) is 0 Å². The molecular weight excluding hydrogens is 456 g/mol. The van der Waals surface area contributed by atoms with Crippen LogP contribution in [0.25, 0.3) is 0 Å². The van der Waals surface area contributed by atoms with Gasteiger partial charge >= 0.3 is 5.97 Å². The van der Waals surface area contributed by atoms with Crippen LogP contribution in [-0.4, -0.2) is 20.7 Å². The number of hydrogen-bond donors (Lipinski definition) is 1. The van der Waals surface area contributed by atoms with Crippen LogP contribution < -0.4 is 5.73 Å². The number of halogens is 3. The lowest BCUT2D eigenvalue weighted by molar-refractivity contribution is -0.143. The highest BCUT2D eigenvalue weighted by molar-refractivity contribution is 9.10. The van der Waals surface area contributed by atoms with Crippen molar-refractivity contribution in [1.82, 2.24) is 0 Å². The molecule has 0 aliphatic rings. The third-order valence-corrected chi connectivity index (χ3v) is 12.4. The summed E-state index contributed by atoms with van der Waals surface area (Å²) in [6.07, 6.45) is -0.312. The van der Waals surface area contributed by atoms with Crippen LogP contribution in [0.1, 0.15) is 72.1 Å². The van der Waals surface area contributed by atoms with Crippen molar-refractivity contribution >= 4 is 30.0 Å². The summed E-state index contributed by atoms with van der Waals surface area (Å²) in [4.78, 5) is 11.7. The summed E-state index contributed by atoms with van der Waals surface area (Å²) in [5.74, 6) is 0.782. The molecule has 1 aromatic rings. The van der Waals surface area contributed by atoms with Crippen molar-refractivity contribution in [3.05, 3.63) is 33.3 Å². The van der Waals surface area contributed by atoms with Gasteiger partial charge in [-0.1, -0.05) is 47.5 Å². The van der Waals surface area contributed by atoms with Crippen LogP contribution in [0.4, 0.5) is 8.78 Å². The van der Waals surface area contributed by atoms with Crippen molar-refractivity contribution in [3.63, 3.8) is 0 Å². The summed E-state index contributed by atoms with van der Waals surface area (Å²) < 4.78 is 34.7. The molecule has 0 saturated carbocycles. The first-order valence-electron chi connectivity index (χ1n) is 10.0. The fourth-order valence-corrected chi connectivity index (χ4v) is 9.81. The first-order valence-corrected chi connectivity index (χ1v) is 13.0. The average molecular weight is 488 g/mol. The molecule has 0 spiro atoms. The van der Waals surface area contributed by atoms with Crippen LogP contribution in [0.15, 0.2) is 10.5 Å². The van der Waals surface area contributed by atoms with E-state index < -0.39 is 31.7 Å². The zero-order valence-electron chi connectivity index (χ0n) is 18.3. The molecular formula is C22H32BrF2NO2Si. The summed E-state index contributed by atoms with van der Waals surface area (Å²) in [7, 11) is -2.09. The minimum atomic E-state index is -2.09. The molecule has 7 heteroatoms. The van der Waals surface area contributed by atoms with Crippen LogP contribution >= 0.6 is 15.9 Å². The van der Waals surface area contributed by atoms with E-state index in [4.69, 9.17) is 10.5 Å². The number of carbonyl (C=O) groups excluding carboxylic acids is 1. The molecule has 162 valence electrons. The van der Waals surface area contributed by atoms with Gasteiger partial charge in [0, 0.05) is 11.6 Å². The first-order chi connectivity index (χ1) is 13.4. The third kappa shape index (κ3) is 5.68. The zero-order valence-corrected chi connectivity index (χ0v) is 20.9. The van der Waals surface area contributed by atoms with E-state index in [1.807, 2.05) is 0 Å². The van der Waals surface area contributed by atoms with E-state index in [0.717, 1.165) is 0 Å². The highest BCUT2D eigenvalue weighted by atomic mass is 79.9. The Morgan fingerprint density at radius 1 is 1.14 bits per heavy atom. The highest BCUT2D eigenvalue weighted by Crippen LogP contribution is 2.41. The van der Waals surface area contributed by atoms with Crippen molar-refractivity contribution in [2.24, 2.45) is 5.73 Å². The number of hydrogen-bond acceptors (Lipinski definition) is 3. The Balaban J connectivity index is 3.52. The lowest BCUT2D eigenvalue weighted by atomic mass is 10.0. The Labute approximate surface area is 182 Å². The van der Waals surface area contributed by atoms with Crippen molar-refractivity contribution in [2.45, 2.75) is 77.6 Å². The second-order valence-corrected chi connectivity index (χ2v) is 14.6. The summed E-state index contributed by atoms with van der Waals surface area (Å²) in [5, 5.41) is 0. The second-order valence-electron chi connectivity index (χ2n) is 8.21. The number of esters is 1. The lowest BCUT2D eigenvalue weighted by Crippen LogP contribution is -2.43. The average Bonchev–Trinajstić information content (AvgIpc) is 2.59. The van der Waals surface area contributed by atoms with Gasteiger partial charge in [-0.05, 0) is 45.5 Å². The SMILES string of the molecule is CCOC(=O)CC(N)c1c(F)c(Br)cc(C#C[Si](C(C)C)(C(C)C)C(C)C)c1F. The van der Waals surface area contributed by atoms with E-state index in [1.54, 1.807) is 6.92 Å². The molecule has 0 aromatic heterocycles. The van der Waals surface area contributed by atoms with E-state index in [2.05, 4.69) is 68.9 Å². The first kappa shape index (κ1) is 25.8. The van der Waals surface area contributed by atoms with Crippen LogP contribution in [0, 0.1) is 23.1 Å². The van der Waals surface area contributed by atoms with Gasteiger partial charge in [-0.3, -0.25) is 4.79 Å². The maximum atomic E-state index is 15.2. The zero-order chi connectivity index (χ0) is 22.5. The van der Waals surface area contributed by atoms with Gasteiger partial charge in [0.1, 0.15) is 19.7 Å². The fraction of sp³-hybridized carbons (Fsp3) is 0.591. The lowest BCUT2D eigenvalue weighted by Gasteiger charge is -2.38. The van der Waals surface area contributed by atoms with Crippen LogP contribution in [0.2, 0.25) is 16.6 Å². The van der Waals surface area contributed by atoms with Gasteiger partial charge in [-0.25, -0.2) is 8.78 Å². The monoisotopic (exact) mass is 487 g/mol. The molecule has 0 aliphatic heterocycles. The Morgan fingerprint density at radius 2 is 1.66 bits per heavy atom. The van der Waals surface area contributed by atoms with Crippen molar-refractivity contribution in [1.29, 1.82) is 0 Å². The van der Waals surface area contributed by atoms with Crippen molar-refractivity contribution in [2.75, 3.05) is 6.61 Å². The molecule has 29 heavy (non-hydrogen) atoms. The maximum Gasteiger partial charge on any atom is 0.307 e. The number of ether oxygens (including phenoxy) is 1. The van der Waals surface area contributed by atoms with E-state index in [1.165, 1.54) is 6.07 Å². The molecule has 1 atom stereocenters. The van der Waals surface area contributed by atoms with E-state index >= 15 is 4.39 Å². The second kappa shape index (κ2) is 10.7. The van der Waals surface area contributed by atoms with E-state index in [9.17, 15) is 9.18 Å². The van der Waals surface area contributed by atoms with Crippen molar-refractivity contribution in [3.8, 4) is 11.5 Å². The molecule has 0 bridgehead atoms. The predicted molar refractivity (Wildman–Crippen MR) is 120 cm³/mol. The standard InChI is InChI=1S/C22H32BrF2NO2Si/c1-8-28-19(27)12-18(26)20-21(24)16(11-17(23)22(20)25)9-10-29(13(2)3,14(4)5)15(6)7/h11,13-15,18H,8,12,26H2,1-7H3. The van der Waals surface area contributed by atoms with Crippen LogP contribution in [-0.2, 0) is 9.53 Å². The van der Waals surface area contributed by atoms with Crippen LogP contribution in [0.3, 0.4) is 0 Å². The van der Waals surface area contributed by atoms with Gasteiger partial charge in [-0.2, -0.15) is 0 Å². The Hall–Kier alpha value is -1.23. The summed E-state index contributed by atoms with van der Waals surface area (Å²) >= 11 is 3.13. The molecule has 0 saturated heterocycles. The molecule has 2 N–H and O–H groups in total. The molecule has 1 aromatic carbocycles. The number of carbonyl (C=O) groups is 1. The molecule has 0 heterocycles. The molecule has 1 rings (SSSR count). The number of rotatable bonds is 7. The molecule has 0 amide bonds. The molecule has 0 radical (unpaired) electrons. The minimum absolute atomic E-state index is 0.0726. The van der Waals surface area contributed by atoms with Gasteiger partial charge in [0.2, 0.25) is 0 Å². The summed E-state index contributed by atoms with van der Waals surface area (Å²) in [5.41, 5.74) is 10.3. The summed E-state index contributed by atoms with van der Waals surface area (Å²) in [6, 6.07) is 0.188. The smallest absolute Gasteiger partial charge is 0.307 e. The van der Waals surface area contributed by atoms with Gasteiger partial charge in [0.15, 0.2) is 0 Å². The Morgan fingerprint density at radius 3 is 2.10 bits per heavy atom. The Bertz CT molecular complexity index is 778. The van der Waals surface area contributed by atoms with Crippen LogP contribution in [0.5, 0.6) is 0 Å². The maximum absolute atomic E-state index is 15.2. The Kier molecular flexibility index (Phi) is 9.51. The normalized spacial score (nSPS) is 12.9. The van der Waals surface area contributed by atoms with Gasteiger partial charge in [0.05, 0.1) is 23.1 Å². The predicted octanol–water partition coefficient (Wildman–Crippen LogP) is 6.25. The molecule has 0 aliphatic carbocycles. The fourth-order valence-electron chi connectivity index (χ4n) is 4.15. The highest BCUT2D eigenvalue weighted by Gasteiger charge is 2.41. The number of nitrogens with two attached hydrogens (primary N) is 1. The largest absolute Gasteiger partial charge is 0.466 e. The quantitative estimate of drug-likeness (QED) is 0.214. The molecule has 3 nitrogen and oxygen atoms in total. The summed E-state index contributed by atoms with van der Waals surface area (Å²) in [6.45, 7) is 14.8. The molecule has 1 unspecified atom stereocenters. The third-order valence-electron chi connectivity index (χ3n) is 5.53. The van der Waals surface area contributed by atoms with Gasteiger partial charge in [-0.15, -0.1) is 5.54 Å². The topological polar surface area (TPSA) is 52.3 Å². The van der Waals surface area contributed by atoms with E-state index in [-0.39, 0.29) is 28.6 Å².